The second kappa shape index (κ2) is 10.3. The predicted molar refractivity (Wildman–Crippen MR) is 217 cm³/mol. The number of nitrogens with zero attached hydrogens (tertiary/aromatic N) is 4. The van der Waals surface area contributed by atoms with Gasteiger partial charge in [0.15, 0.2) is 5.82 Å². The van der Waals surface area contributed by atoms with Gasteiger partial charge in [-0.2, -0.15) is 0 Å². The van der Waals surface area contributed by atoms with Crippen LogP contribution < -0.4 is 0 Å². The Balaban J connectivity index is 1.34. The summed E-state index contributed by atoms with van der Waals surface area (Å²) < 4.78 is 4.88. The Morgan fingerprint density at radius 2 is 1.04 bits per heavy atom. The standard InChI is InChI=1S/C48H28N4/c1-3-13-29(14-4-1)32-26-27-35-34-19-9-10-21-38(34)51-40-23-12-24-41-44(40)43-36(42(32)47(35)51)20-11-22-39(43)52(41)48-45(31-16-5-2-6-17-31)49-37-28-25-30-15-7-8-18-33(30)46(37)50-48/h1-28H. The molecule has 8 aromatic carbocycles. The number of para-hydroxylation sites is 1. The van der Waals surface area contributed by atoms with E-state index in [4.69, 9.17) is 9.97 Å². The SMILES string of the molecule is c1ccc(-c2nc3ccc4ccccc4c3nc2-n2c3cccc4c5c(-c6ccccc6)ccc6c7ccccc7n(c7cccc2c7c43)c65)cc1. The Labute approximate surface area is 297 Å². The fourth-order valence-electron chi connectivity index (χ4n) is 8.88. The Morgan fingerprint density at radius 1 is 0.385 bits per heavy atom. The molecule has 4 heterocycles. The fraction of sp³-hybridized carbons (Fsp3) is 0. The van der Waals surface area contributed by atoms with E-state index < -0.39 is 0 Å². The summed E-state index contributed by atoms with van der Waals surface area (Å²) in [5.74, 6) is 0.823. The molecule has 0 amide bonds. The van der Waals surface area contributed by atoms with Gasteiger partial charge in [0.2, 0.25) is 0 Å². The van der Waals surface area contributed by atoms with Crippen LogP contribution in [0.1, 0.15) is 0 Å². The van der Waals surface area contributed by atoms with Gasteiger partial charge in [-0.25, -0.2) is 9.97 Å². The molecule has 0 bridgehead atoms. The van der Waals surface area contributed by atoms with Gasteiger partial charge < -0.3 is 4.40 Å². The minimum absolute atomic E-state index is 0.823. The molecule has 240 valence electrons. The molecule has 4 aromatic heterocycles. The maximum Gasteiger partial charge on any atom is 0.165 e. The van der Waals surface area contributed by atoms with Crippen molar-refractivity contribution in [1.82, 2.24) is 18.9 Å². The zero-order chi connectivity index (χ0) is 33.9. The highest BCUT2D eigenvalue weighted by molar-refractivity contribution is 6.33. The Hall–Kier alpha value is -7.04. The summed E-state index contributed by atoms with van der Waals surface area (Å²) in [4.78, 5) is 11.0. The van der Waals surface area contributed by atoms with E-state index in [0.717, 1.165) is 49.9 Å². The van der Waals surface area contributed by atoms with Gasteiger partial charge in [0.25, 0.3) is 0 Å². The van der Waals surface area contributed by atoms with Gasteiger partial charge >= 0.3 is 0 Å². The summed E-state index contributed by atoms with van der Waals surface area (Å²) in [6.07, 6.45) is 0. The zero-order valence-corrected chi connectivity index (χ0v) is 28.0. The topological polar surface area (TPSA) is 35.1 Å². The lowest BCUT2D eigenvalue weighted by Gasteiger charge is -2.15. The van der Waals surface area contributed by atoms with Crippen molar-refractivity contribution in [2.45, 2.75) is 0 Å². The van der Waals surface area contributed by atoms with Crippen molar-refractivity contribution >= 4 is 81.7 Å². The van der Waals surface area contributed by atoms with E-state index in [1.54, 1.807) is 0 Å². The van der Waals surface area contributed by atoms with Gasteiger partial charge in [-0.3, -0.25) is 4.57 Å². The lowest BCUT2D eigenvalue weighted by Crippen LogP contribution is -2.04. The molecule has 12 aromatic rings. The minimum Gasteiger partial charge on any atom is -0.308 e. The summed E-state index contributed by atoms with van der Waals surface area (Å²) in [5.41, 5.74) is 11.9. The quantitative estimate of drug-likeness (QED) is 0.177. The van der Waals surface area contributed by atoms with E-state index in [9.17, 15) is 0 Å². The highest BCUT2D eigenvalue weighted by atomic mass is 15.1. The van der Waals surface area contributed by atoms with Gasteiger partial charge in [-0.1, -0.05) is 140 Å². The third kappa shape index (κ3) is 3.60. The lowest BCUT2D eigenvalue weighted by atomic mass is 9.95. The molecule has 52 heavy (non-hydrogen) atoms. The first-order chi connectivity index (χ1) is 25.8. The molecule has 0 fully saturated rings. The smallest absolute Gasteiger partial charge is 0.165 e. The molecule has 4 nitrogen and oxygen atoms in total. The van der Waals surface area contributed by atoms with Crippen LogP contribution in [0.25, 0.3) is 110 Å². The van der Waals surface area contributed by atoms with Crippen LogP contribution >= 0.6 is 0 Å². The zero-order valence-electron chi connectivity index (χ0n) is 28.0. The third-order valence-electron chi connectivity index (χ3n) is 11.0. The number of benzene rings is 8. The highest BCUT2D eigenvalue weighted by Gasteiger charge is 2.25. The van der Waals surface area contributed by atoms with E-state index in [1.807, 2.05) is 0 Å². The monoisotopic (exact) mass is 660 g/mol. The van der Waals surface area contributed by atoms with Crippen LogP contribution in [-0.2, 0) is 0 Å². The number of aromatic nitrogens is 4. The molecule has 0 atom stereocenters. The van der Waals surface area contributed by atoms with Crippen molar-refractivity contribution in [3.05, 3.63) is 170 Å². The van der Waals surface area contributed by atoms with Gasteiger partial charge in [-0.15, -0.1) is 0 Å². The molecule has 0 saturated heterocycles. The highest BCUT2D eigenvalue weighted by Crippen LogP contribution is 2.47. The lowest BCUT2D eigenvalue weighted by molar-refractivity contribution is 1.08. The van der Waals surface area contributed by atoms with Crippen LogP contribution in [-0.4, -0.2) is 18.9 Å². The van der Waals surface area contributed by atoms with Gasteiger partial charge in [-0.05, 0) is 52.2 Å². The molecule has 4 heteroatoms. The van der Waals surface area contributed by atoms with Gasteiger partial charge in [0.05, 0.1) is 38.6 Å². The van der Waals surface area contributed by atoms with E-state index in [2.05, 4.69) is 179 Å². The van der Waals surface area contributed by atoms with Crippen LogP contribution in [0.2, 0.25) is 0 Å². The van der Waals surface area contributed by atoms with E-state index in [0.29, 0.717) is 0 Å². The molecule has 0 spiro atoms. The van der Waals surface area contributed by atoms with Crippen LogP contribution in [0.15, 0.2) is 170 Å². The molecular weight excluding hydrogens is 633 g/mol. The van der Waals surface area contributed by atoms with Crippen LogP contribution in [0, 0.1) is 0 Å². The summed E-state index contributed by atoms with van der Waals surface area (Å²) >= 11 is 0. The number of fused-ring (bicyclic) bond motifs is 8. The summed E-state index contributed by atoms with van der Waals surface area (Å²) in [5, 5.41) is 9.67. The first-order valence-corrected chi connectivity index (χ1v) is 17.8. The van der Waals surface area contributed by atoms with Gasteiger partial charge in [0, 0.05) is 37.9 Å². The maximum atomic E-state index is 5.61. The second-order valence-corrected chi connectivity index (χ2v) is 13.7. The molecule has 12 rings (SSSR count). The Bertz CT molecular complexity index is 3390. The number of hydrogen-bond acceptors (Lipinski definition) is 2. The predicted octanol–water partition coefficient (Wildman–Crippen LogP) is 12.4. The largest absolute Gasteiger partial charge is 0.308 e. The van der Waals surface area contributed by atoms with Crippen molar-refractivity contribution in [1.29, 1.82) is 0 Å². The van der Waals surface area contributed by atoms with Crippen LogP contribution in [0.4, 0.5) is 0 Å². The van der Waals surface area contributed by atoms with Crippen molar-refractivity contribution in [2.24, 2.45) is 0 Å². The first kappa shape index (κ1) is 27.7. The maximum absolute atomic E-state index is 5.61. The average molecular weight is 661 g/mol. The molecule has 0 radical (unpaired) electrons. The molecule has 0 aliphatic rings. The van der Waals surface area contributed by atoms with Crippen LogP contribution in [0.5, 0.6) is 0 Å². The van der Waals surface area contributed by atoms with Crippen molar-refractivity contribution in [3.63, 3.8) is 0 Å². The van der Waals surface area contributed by atoms with Crippen LogP contribution in [0.3, 0.4) is 0 Å². The molecule has 0 N–H and O–H groups in total. The summed E-state index contributed by atoms with van der Waals surface area (Å²) in [6, 6.07) is 61.0. The fourth-order valence-corrected chi connectivity index (χ4v) is 8.88. The molecule has 0 aliphatic heterocycles. The van der Waals surface area contributed by atoms with Crippen molar-refractivity contribution < 1.29 is 0 Å². The molecule has 0 unspecified atom stereocenters. The molecular formula is C48H28N4. The number of rotatable bonds is 3. The van der Waals surface area contributed by atoms with Crippen molar-refractivity contribution in [2.75, 3.05) is 0 Å². The van der Waals surface area contributed by atoms with E-state index in [1.165, 1.54) is 60.0 Å². The molecule has 0 aliphatic carbocycles. The summed E-state index contributed by atoms with van der Waals surface area (Å²) in [7, 11) is 0. The third-order valence-corrected chi connectivity index (χ3v) is 11.0. The first-order valence-electron chi connectivity index (χ1n) is 17.8. The summed E-state index contributed by atoms with van der Waals surface area (Å²) in [6.45, 7) is 0. The molecule has 0 saturated carbocycles. The Morgan fingerprint density at radius 3 is 1.88 bits per heavy atom. The van der Waals surface area contributed by atoms with E-state index >= 15 is 0 Å². The second-order valence-electron chi connectivity index (χ2n) is 13.7. The van der Waals surface area contributed by atoms with Gasteiger partial charge in [0.1, 0.15) is 5.69 Å². The van der Waals surface area contributed by atoms with E-state index in [-0.39, 0.29) is 0 Å². The Kier molecular flexibility index (Phi) is 5.47. The minimum atomic E-state index is 0.823. The number of hydrogen-bond donors (Lipinski definition) is 0. The van der Waals surface area contributed by atoms with Crippen molar-refractivity contribution in [3.8, 4) is 28.2 Å². The normalized spacial score (nSPS) is 12.2. The average Bonchev–Trinajstić information content (AvgIpc) is 3.69.